The fourth-order valence-electron chi connectivity index (χ4n) is 1.70. The van der Waals surface area contributed by atoms with Gasteiger partial charge in [-0.15, -0.1) is 0 Å². The number of aromatic nitrogens is 2. The topological polar surface area (TPSA) is 57.2 Å². The van der Waals surface area contributed by atoms with E-state index in [4.69, 9.17) is 5.26 Å². The van der Waals surface area contributed by atoms with Crippen molar-refractivity contribution in [2.75, 3.05) is 13.1 Å². The molecule has 0 saturated heterocycles. The first-order valence-electron chi connectivity index (χ1n) is 6.06. The average molecular weight is 245 g/mol. The molecular weight excluding hydrogens is 226 g/mol. The first-order chi connectivity index (χ1) is 8.67. The van der Waals surface area contributed by atoms with Crippen LogP contribution in [0.15, 0.2) is 23.8 Å². The minimum atomic E-state index is 0.476. The molecule has 0 aliphatic heterocycles. The number of hydrogen-bond acceptors (Lipinski definition) is 3. The molecule has 0 aliphatic rings. The lowest BCUT2D eigenvalue weighted by molar-refractivity contribution is 0.441. The summed E-state index contributed by atoms with van der Waals surface area (Å²) in [4.78, 5) is 6.63. The molecule has 0 bridgehead atoms. The Labute approximate surface area is 108 Å². The van der Waals surface area contributed by atoms with Gasteiger partial charge in [-0.3, -0.25) is 0 Å². The minimum Gasteiger partial charge on any atom is -0.357 e. The highest BCUT2D eigenvalue weighted by molar-refractivity contribution is 5.94. The highest BCUT2D eigenvalue weighted by Gasteiger charge is 2.10. The van der Waals surface area contributed by atoms with Crippen LogP contribution in [-0.2, 0) is 7.05 Å². The highest BCUT2D eigenvalue weighted by atomic mass is 15.3. The molecule has 0 aliphatic carbocycles. The van der Waals surface area contributed by atoms with Gasteiger partial charge in [0.15, 0.2) is 5.82 Å². The largest absolute Gasteiger partial charge is 0.357 e. The van der Waals surface area contributed by atoms with Crippen LogP contribution < -0.4 is 0 Å². The van der Waals surface area contributed by atoms with Crippen molar-refractivity contribution in [2.45, 2.75) is 20.3 Å². The van der Waals surface area contributed by atoms with Gasteiger partial charge in [-0.25, -0.2) is 9.67 Å². The summed E-state index contributed by atoms with van der Waals surface area (Å²) in [6, 6.07) is 2.09. The van der Waals surface area contributed by atoms with Gasteiger partial charge in [0.25, 0.3) is 0 Å². The van der Waals surface area contributed by atoms with Crippen LogP contribution in [0, 0.1) is 11.3 Å². The fourth-order valence-corrected chi connectivity index (χ4v) is 1.70. The van der Waals surface area contributed by atoms with E-state index in [2.05, 4.69) is 41.5 Å². The highest BCUT2D eigenvalue weighted by Crippen LogP contribution is 2.17. The Morgan fingerprint density at radius 3 is 2.89 bits per heavy atom. The van der Waals surface area contributed by atoms with Gasteiger partial charge >= 0.3 is 0 Å². The molecule has 0 N–H and O–H groups in total. The monoisotopic (exact) mass is 245 g/mol. The zero-order valence-electron chi connectivity index (χ0n) is 11.2. The summed E-state index contributed by atoms with van der Waals surface area (Å²) in [5.74, 6) is 1.35. The lowest BCUT2D eigenvalue weighted by Crippen LogP contribution is -2.30. The van der Waals surface area contributed by atoms with Gasteiger partial charge in [0.2, 0.25) is 0 Å². The van der Waals surface area contributed by atoms with Crippen LogP contribution in [0.3, 0.4) is 0 Å². The van der Waals surface area contributed by atoms with Gasteiger partial charge in [-0.05, 0) is 19.4 Å². The summed E-state index contributed by atoms with van der Waals surface area (Å²) in [5, 5.41) is 13.0. The second-order valence-electron chi connectivity index (χ2n) is 3.87. The van der Waals surface area contributed by atoms with E-state index >= 15 is 0 Å². The van der Waals surface area contributed by atoms with Crippen molar-refractivity contribution in [3.63, 3.8) is 0 Å². The third kappa shape index (κ3) is 2.98. The predicted molar refractivity (Wildman–Crippen MR) is 72.8 cm³/mol. The van der Waals surface area contributed by atoms with Gasteiger partial charge in [0, 0.05) is 20.1 Å². The average Bonchev–Trinajstić information content (AvgIpc) is 2.74. The quantitative estimate of drug-likeness (QED) is 0.590. The summed E-state index contributed by atoms with van der Waals surface area (Å²) in [7, 11) is 1.77. The lowest BCUT2D eigenvalue weighted by atomic mass is 10.3. The molecule has 0 atom stereocenters. The van der Waals surface area contributed by atoms with E-state index in [9.17, 15) is 0 Å². The number of aryl methyl sites for hydroxylation is 1. The first-order valence-corrected chi connectivity index (χ1v) is 6.06. The smallest absolute Gasteiger partial charge is 0.170 e. The van der Waals surface area contributed by atoms with Crippen molar-refractivity contribution >= 4 is 11.7 Å². The molecule has 96 valence electrons. The molecule has 1 aromatic heterocycles. The van der Waals surface area contributed by atoms with Gasteiger partial charge in [0.05, 0.1) is 6.20 Å². The normalized spacial score (nSPS) is 11.1. The Morgan fingerprint density at radius 2 is 2.39 bits per heavy atom. The van der Waals surface area contributed by atoms with Crippen molar-refractivity contribution in [1.82, 2.24) is 14.7 Å². The number of amidine groups is 1. The van der Waals surface area contributed by atoms with E-state index in [-0.39, 0.29) is 0 Å². The van der Waals surface area contributed by atoms with E-state index in [0.29, 0.717) is 11.4 Å². The Bertz CT molecular complexity index is 478. The maximum atomic E-state index is 9.00. The Kier molecular flexibility index (Phi) is 5.12. The predicted octanol–water partition coefficient (Wildman–Crippen LogP) is 2.24. The Morgan fingerprint density at radius 1 is 1.67 bits per heavy atom. The van der Waals surface area contributed by atoms with E-state index in [1.54, 1.807) is 17.8 Å². The van der Waals surface area contributed by atoms with E-state index in [1.807, 2.05) is 0 Å². The van der Waals surface area contributed by atoms with Crippen LogP contribution in [0.4, 0.5) is 5.82 Å². The molecule has 1 rings (SSSR count). The van der Waals surface area contributed by atoms with Gasteiger partial charge in [-0.2, -0.15) is 10.4 Å². The number of nitrogens with zero attached hydrogens (tertiary/aromatic N) is 5. The number of nitriles is 1. The lowest BCUT2D eigenvalue weighted by Gasteiger charge is -2.21. The molecule has 5 nitrogen and oxygen atoms in total. The van der Waals surface area contributed by atoms with Gasteiger partial charge < -0.3 is 4.90 Å². The number of likely N-dealkylation sites (N-methyl/N-ethyl adjacent to an activating group) is 1. The van der Waals surface area contributed by atoms with Crippen LogP contribution >= 0.6 is 0 Å². The van der Waals surface area contributed by atoms with Crippen molar-refractivity contribution < 1.29 is 0 Å². The molecule has 0 radical (unpaired) electrons. The molecule has 0 spiro atoms. The summed E-state index contributed by atoms with van der Waals surface area (Å²) in [5.41, 5.74) is 0.476. The number of rotatable bonds is 5. The zero-order valence-corrected chi connectivity index (χ0v) is 11.2. The van der Waals surface area contributed by atoms with Crippen LogP contribution in [0.2, 0.25) is 0 Å². The molecule has 0 amide bonds. The fraction of sp³-hybridized carbons (Fsp3) is 0.462. The molecule has 0 saturated carbocycles. The van der Waals surface area contributed by atoms with Crippen molar-refractivity contribution in [2.24, 2.45) is 12.0 Å². The van der Waals surface area contributed by atoms with E-state index in [1.165, 1.54) is 6.20 Å². The molecule has 1 aromatic rings. The second kappa shape index (κ2) is 6.60. The summed E-state index contributed by atoms with van der Waals surface area (Å²) in [6.07, 6.45) is 4.28. The molecule has 5 heteroatoms. The van der Waals surface area contributed by atoms with Crippen LogP contribution in [0.1, 0.15) is 25.8 Å². The van der Waals surface area contributed by atoms with Gasteiger partial charge in [0.1, 0.15) is 17.5 Å². The van der Waals surface area contributed by atoms with Crippen LogP contribution in [0.25, 0.3) is 0 Å². The van der Waals surface area contributed by atoms with Crippen molar-refractivity contribution in [1.29, 1.82) is 5.26 Å². The molecule has 1 heterocycles. The minimum absolute atomic E-state index is 0.476. The Hall–Kier alpha value is -2.09. The molecule has 0 fully saturated rings. The van der Waals surface area contributed by atoms with Crippen LogP contribution in [0.5, 0.6) is 0 Å². The van der Waals surface area contributed by atoms with Crippen molar-refractivity contribution in [3.8, 4) is 6.07 Å². The molecule has 0 aromatic carbocycles. The van der Waals surface area contributed by atoms with Gasteiger partial charge in [-0.1, -0.05) is 13.5 Å². The number of hydrogen-bond donors (Lipinski definition) is 0. The number of aliphatic imine (C=N–C) groups is 1. The van der Waals surface area contributed by atoms with Crippen molar-refractivity contribution in [3.05, 3.63) is 24.4 Å². The summed E-state index contributed by atoms with van der Waals surface area (Å²) in [6.45, 7) is 9.76. The molecule has 18 heavy (non-hydrogen) atoms. The maximum absolute atomic E-state index is 9.00. The molecular formula is C13H19N5. The van der Waals surface area contributed by atoms with E-state index < -0.39 is 0 Å². The second-order valence-corrected chi connectivity index (χ2v) is 3.87. The summed E-state index contributed by atoms with van der Waals surface area (Å²) >= 11 is 0. The van der Waals surface area contributed by atoms with Crippen LogP contribution in [-0.4, -0.2) is 33.6 Å². The van der Waals surface area contributed by atoms with E-state index in [0.717, 1.165) is 25.3 Å². The Balaban J connectivity index is 3.14. The summed E-state index contributed by atoms with van der Waals surface area (Å²) < 4.78 is 1.60. The third-order valence-corrected chi connectivity index (χ3v) is 2.63. The zero-order chi connectivity index (χ0) is 13.5. The maximum Gasteiger partial charge on any atom is 0.170 e. The SMILES string of the molecule is C=C/C(=N\c1c(C#N)cnn1C)N(CC)CCC. The first kappa shape index (κ1) is 14.0. The molecule has 0 unspecified atom stereocenters. The third-order valence-electron chi connectivity index (χ3n) is 2.63. The standard InChI is InChI=1S/C13H19N5/c1-5-8-18(7-3)12(6-2)16-13-11(9-14)10-15-17(13)4/h6,10H,2,5,7-8H2,1,3-4H3/b16-12+.